The molecular weight excluding hydrogens is 334 g/mol. The minimum atomic E-state index is -1.04. The first kappa shape index (κ1) is 19.3. The molecule has 0 atom stereocenters. The number of amides is 1. The van der Waals surface area contributed by atoms with E-state index in [1.807, 2.05) is 24.3 Å². The molecule has 6 nitrogen and oxygen atoms in total. The minimum absolute atomic E-state index is 0.177. The lowest BCUT2D eigenvalue weighted by Crippen LogP contribution is -2.26. The normalized spacial score (nSPS) is 10.3. The van der Waals surface area contributed by atoms with E-state index in [-0.39, 0.29) is 5.91 Å². The van der Waals surface area contributed by atoms with E-state index in [0.717, 1.165) is 22.4 Å². The van der Waals surface area contributed by atoms with Gasteiger partial charge in [-0.1, -0.05) is 12.1 Å². The number of benzene rings is 2. The monoisotopic (exact) mass is 357 g/mol. The summed E-state index contributed by atoms with van der Waals surface area (Å²) < 4.78 is 10.5. The first-order valence-electron chi connectivity index (χ1n) is 8.27. The van der Waals surface area contributed by atoms with Crippen molar-refractivity contribution >= 4 is 11.9 Å². The van der Waals surface area contributed by atoms with E-state index >= 15 is 0 Å². The number of carbonyl (C=O) groups is 2. The molecule has 0 saturated carbocycles. The molecule has 0 heterocycles. The molecule has 1 amide bonds. The number of nitrogens with one attached hydrogen (secondary N) is 1. The first-order chi connectivity index (χ1) is 12.4. The maximum Gasteiger partial charge on any atom is 0.341 e. The molecule has 26 heavy (non-hydrogen) atoms. The van der Waals surface area contributed by atoms with Gasteiger partial charge in [-0.25, -0.2) is 4.79 Å². The van der Waals surface area contributed by atoms with Crippen molar-refractivity contribution in [3.05, 3.63) is 58.7 Å². The van der Waals surface area contributed by atoms with E-state index < -0.39 is 12.6 Å². The van der Waals surface area contributed by atoms with Crippen LogP contribution in [0.3, 0.4) is 0 Å². The third kappa shape index (κ3) is 5.24. The van der Waals surface area contributed by atoms with Crippen molar-refractivity contribution < 1.29 is 24.2 Å². The molecule has 2 N–H and O–H groups in total. The Hall–Kier alpha value is -3.02. The van der Waals surface area contributed by atoms with Gasteiger partial charge in [0, 0.05) is 12.1 Å². The van der Waals surface area contributed by atoms with E-state index in [2.05, 4.69) is 5.32 Å². The minimum Gasteiger partial charge on any atom is -0.497 e. The molecule has 2 rings (SSSR count). The molecule has 0 spiro atoms. The number of ether oxygens (including phenoxy) is 2. The zero-order chi connectivity index (χ0) is 19.1. The summed E-state index contributed by atoms with van der Waals surface area (Å²) in [6.45, 7) is 3.67. The predicted octanol–water partition coefficient (Wildman–Crippen LogP) is 2.75. The summed E-state index contributed by atoms with van der Waals surface area (Å²) in [7, 11) is 1.62. The Labute approximate surface area is 152 Å². The van der Waals surface area contributed by atoms with Crippen LogP contribution in [-0.4, -0.2) is 37.2 Å². The van der Waals surface area contributed by atoms with Crippen LogP contribution in [0, 0.1) is 13.8 Å². The molecule has 2 aromatic rings. The highest BCUT2D eigenvalue weighted by Crippen LogP contribution is 2.24. The van der Waals surface area contributed by atoms with Gasteiger partial charge in [0.1, 0.15) is 11.5 Å². The average molecular weight is 357 g/mol. The summed E-state index contributed by atoms with van der Waals surface area (Å²) in [5.41, 5.74) is 3.05. The molecule has 0 saturated heterocycles. The van der Waals surface area contributed by atoms with Crippen LogP contribution < -0.4 is 14.8 Å². The summed E-state index contributed by atoms with van der Waals surface area (Å²) in [5.74, 6) is 0.0735. The standard InChI is InChI=1S/C20H23NO5/c1-13-9-16(10-14(2)19(13)26-12-18(22)23)20(24)21-8-7-15-5-4-6-17(11-15)25-3/h4-6,9-11H,7-8,12H2,1-3H3,(H,21,24)(H,22,23). The fraction of sp³-hybridized carbons (Fsp3) is 0.300. The number of carboxylic acid groups (broad SMARTS) is 1. The van der Waals surface area contributed by atoms with Gasteiger partial charge in [0.15, 0.2) is 6.61 Å². The zero-order valence-corrected chi connectivity index (χ0v) is 15.2. The lowest BCUT2D eigenvalue weighted by Gasteiger charge is -2.13. The van der Waals surface area contributed by atoms with Gasteiger partial charge in [0.05, 0.1) is 7.11 Å². The molecule has 0 bridgehead atoms. The van der Waals surface area contributed by atoms with Crippen LogP contribution in [0.1, 0.15) is 27.0 Å². The lowest BCUT2D eigenvalue weighted by molar-refractivity contribution is -0.139. The molecule has 0 fully saturated rings. The topological polar surface area (TPSA) is 84.9 Å². The van der Waals surface area contributed by atoms with Crippen LogP contribution in [-0.2, 0) is 11.2 Å². The van der Waals surface area contributed by atoms with Gasteiger partial charge in [-0.05, 0) is 61.2 Å². The fourth-order valence-electron chi connectivity index (χ4n) is 2.69. The van der Waals surface area contributed by atoms with E-state index in [1.165, 1.54) is 0 Å². The Morgan fingerprint density at radius 2 is 1.81 bits per heavy atom. The van der Waals surface area contributed by atoms with Crippen LogP contribution in [0.15, 0.2) is 36.4 Å². The van der Waals surface area contributed by atoms with Crippen molar-refractivity contribution in [1.29, 1.82) is 0 Å². The van der Waals surface area contributed by atoms with Crippen LogP contribution in [0.25, 0.3) is 0 Å². The molecule has 0 aliphatic rings. The number of carbonyl (C=O) groups excluding carboxylic acids is 1. The Morgan fingerprint density at radius 3 is 2.42 bits per heavy atom. The van der Waals surface area contributed by atoms with Gasteiger partial charge in [-0.2, -0.15) is 0 Å². The Balaban J connectivity index is 1.97. The van der Waals surface area contributed by atoms with Gasteiger partial charge < -0.3 is 19.9 Å². The third-order valence-electron chi connectivity index (χ3n) is 3.90. The van der Waals surface area contributed by atoms with E-state index in [9.17, 15) is 9.59 Å². The van der Waals surface area contributed by atoms with Crippen molar-refractivity contribution in [2.45, 2.75) is 20.3 Å². The Morgan fingerprint density at radius 1 is 1.12 bits per heavy atom. The molecule has 0 aliphatic carbocycles. The van der Waals surface area contributed by atoms with Gasteiger partial charge in [0.2, 0.25) is 0 Å². The molecule has 0 aliphatic heterocycles. The zero-order valence-electron chi connectivity index (χ0n) is 15.2. The molecule has 2 aromatic carbocycles. The lowest BCUT2D eigenvalue weighted by atomic mass is 10.0. The van der Waals surface area contributed by atoms with Crippen molar-refractivity contribution in [3.8, 4) is 11.5 Å². The van der Waals surface area contributed by atoms with Gasteiger partial charge in [-0.15, -0.1) is 0 Å². The van der Waals surface area contributed by atoms with Crippen molar-refractivity contribution in [2.24, 2.45) is 0 Å². The van der Waals surface area contributed by atoms with Crippen LogP contribution in [0.4, 0.5) is 0 Å². The first-order valence-corrected chi connectivity index (χ1v) is 8.27. The van der Waals surface area contributed by atoms with Crippen LogP contribution in [0.5, 0.6) is 11.5 Å². The third-order valence-corrected chi connectivity index (χ3v) is 3.90. The van der Waals surface area contributed by atoms with E-state index in [4.69, 9.17) is 14.6 Å². The number of hydrogen-bond donors (Lipinski definition) is 2. The summed E-state index contributed by atoms with van der Waals surface area (Å²) in [6.07, 6.45) is 0.695. The second kappa shape index (κ2) is 8.89. The summed E-state index contributed by atoms with van der Waals surface area (Å²) in [4.78, 5) is 23.0. The molecule has 0 radical (unpaired) electrons. The maximum atomic E-state index is 12.4. The quantitative estimate of drug-likeness (QED) is 0.759. The largest absolute Gasteiger partial charge is 0.497 e. The summed E-state index contributed by atoms with van der Waals surface area (Å²) in [5, 5.41) is 11.6. The van der Waals surface area contributed by atoms with Gasteiger partial charge in [-0.3, -0.25) is 4.79 Å². The second-order valence-electron chi connectivity index (χ2n) is 5.98. The molecule has 138 valence electrons. The van der Waals surface area contributed by atoms with Crippen molar-refractivity contribution in [1.82, 2.24) is 5.32 Å². The SMILES string of the molecule is COc1cccc(CCNC(=O)c2cc(C)c(OCC(=O)O)c(C)c2)c1. The van der Waals surface area contributed by atoms with Crippen LogP contribution >= 0.6 is 0 Å². The second-order valence-corrected chi connectivity index (χ2v) is 5.98. The number of rotatable bonds is 8. The molecule has 6 heteroatoms. The van der Waals surface area contributed by atoms with Gasteiger partial charge >= 0.3 is 5.97 Å². The molecule has 0 aromatic heterocycles. The fourth-order valence-corrected chi connectivity index (χ4v) is 2.69. The molecular formula is C20H23NO5. The van der Waals surface area contributed by atoms with Gasteiger partial charge in [0.25, 0.3) is 5.91 Å². The highest BCUT2D eigenvalue weighted by atomic mass is 16.5. The maximum absolute atomic E-state index is 12.4. The summed E-state index contributed by atoms with van der Waals surface area (Å²) >= 11 is 0. The Kier molecular flexibility index (Phi) is 6.60. The number of methoxy groups -OCH3 is 1. The molecule has 0 unspecified atom stereocenters. The number of hydrogen-bond acceptors (Lipinski definition) is 4. The van der Waals surface area contributed by atoms with E-state index in [0.29, 0.717) is 24.3 Å². The summed E-state index contributed by atoms with van der Waals surface area (Å²) in [6, 6.07) is 11.1. The van der Waals surface area contributed by atoms with Crippen LogP contribution in [0.2, 0.25) is 0 Å². The Bertz CT molecular complexity index is 778. The highest BCUT2D eigenvalue weighted by Gasteiger charge is 2.12. The number of carboxylic acids is 1. The van der Waals surface area contributed by atoms with Crippen molar-refractivity contribution in [2.75, 3.05) is 20.3 Å². The number of aliphatic carboxylic acids is 1. The van der Waals surface area contributed by atoms with Crippen molar-refractivity contribution in [3.63, 3.8) is 0 Å². The average Bonchev–Trinajstić information content (AvgIpc) is 2.60. The smallest absolute Gasteiger partial charge is 0.341 e. The number of aryl methyl sites for hydroxylation is 2. The predicted molar refractivity (Wildman–Crippen MR) is 98.1 cm³/mol. The van der Waals surface area contributed by atoms with E-state index in [1.54, 1.807) is 33.1 Å². The highest BCUT2D eigenvalue weighted by molar-refractivity contribution is 5.94.